The molecule has 0 radical (unpaired) electrons. The summed E-state index contributed by atoms with van der Waals surface area (Å²) in [5.74, 6) is -1.04. The number of benzene rings is 1. The number of nitrogens with one attached hydrogen (secondary N) is 1. The van der Waals surface area contributed by atoms with Crippen molar-refractivity contribution in [2.75, 3.05) is 19.8 Å². The van der Waals surface area contributed by atoms with Gasteiger partial charge in [-0.15, -0.1) is 0 Å². The number of aliphatic hydroxyl groups excluding tert-OH is 4. The van der Waals surface area contributed by atoms with E-state index in [-0.39, 0.29) is 30.0 Å². The summed E-state index contributed by atoms with van der Waals surface area (Å²) in [5, 5.41) is 58.5. The number of aromatic hydroxyl groups is 2. The molecule has 1 aromatic carbocycles. The van der Waals surface area contributed by atoms with Gasteiger partial charge in [-0.1, -0.05) is 6.07 Å². The highest BCUT2D eigenvalue weighted by atomic mass is 16.4. The van der Waals surface area contributed by atoms with Gasteiger partial charge in [0.15, 0.2) is 5.78 Å². The minimum atomic E-state index is -1.81. The molecule has 7 N–H and O–H groups in total. The van der Waals surface area contributed by atoms with Crippen molar-refractivity contribution in [2.45, 2.75) is 24.7 Å². The van der Waals surface area contributed by atoms with Gasteiger partial charge in [0.05, 0.1) is 19.3 Å². The summed E-state index contributed by atoms with van der Waals surface area (Å²) in [7, 11) is 0. The van der Waals surface area contributed by atoms with Crippen LogP contribution in [0.15, 0.2) is 18.2 Å². The Labute approximate surface area is 127 Å². The van der Waals surface area contributed by atoms with Gasteiger partial charge in [0, 0.05) is 12.1 Å². The van der Waals surface area contributed by atoms with Gasteiger partial charge < -0.3 is 36.0 Å². The number of hydrogen-bond acceptors (Lipinski definition) is 8. The summed E-state index contributed by atoms with van der Waals surface area (Å²) in [5.41, 5.74) is 0.287. The van der Waals surface area contributed by atoms with Gasteiger partial charge in [-0.2, -0.15) is 0 Å². The maximum absolute atomic E-state index is 11.8. The first-order valence-electron chi connectivity index (χ1n) is 6.77. The number of Topliss-reactive ketones (excluding diaryl/α,β-unsaturated/α-hetero) is 1. The van der Waals surface area contributed by atoms with Gasteiger partial charge in [-0.05, 0) is 18.6 Å². The molecule has 0 amide bonds. The van der Waals surface area contributed by atoms with E-state index in [0.29, 0.717) is 0 Å². The van der Waals surface area contributed by atoms with E-state index in [4.69, 9.17) is 10.2 Å². The fourth-order valence-electron chi connectivity index (χ4n) is 1.94. The smallest absolute Gasteiger partial charge is 0.183 e. The van der Waals surface area contributed by atoms with Crippen LogP contribution in [-0.4, -0.2) is 74.4 Å². The van der Waals surface area contributed by atoms with Gasteiger partial charge in [-0.3, -0.25) is 4.79 Å². The van der Waals surface area contributed by atoms with Crippen molar-refractivity contribution < 1.29 is 35.4 Å². The number of ketones is 1. The summed E-state index contributed by atoms with van der Waals surface area (Å²) < 4.78 is 0. The van der Waals surface area contributed by atoms with Crippen LogP contribution in [-0.2, 0) is 11.2 Å². The number of aliphatic hydroxyl groups is 4. The monoisotopic (exact) mass is 315 g/mol. The summed E-state index contributed by atoms with van der Waals surface area (Å²) >= 11 is 0. The van der Waals surface area contributed by atoms with Crippen LogP contribution in [0.5, 0.6) is 11.5 Å². The predicted molar refractivity (Wildman–Crippen MR) is 76.5 cm³/mol. The van der Waals surface area contributed by atoms with Gasteiger partial charge >= 0.3 is 0 Å². The molecular weight excluding hydrogens is 294 g/mol. The second kappa shape index (κ2) is 8.66. The predicted octanol–water partition coefficient (Wildman–Crippen LogP) is -2.13. The van der Waals surface area contributed by atoms with Gasteiger partial charge in [0.1, 0.15) is 23.7 Å². The van der Waals surface area contributed by atoms with Gasteiger partial charge in [0.25, 0.3) is 0 Å². The molecule has 0 fully saturated rings. The highest BCUT2D eigenvalue weighted by Gasteiger charge is 2.29. The zero-order valence-electron chi connectivity index (χ0n) is 11.9. The third-order valence-electron chi connectivity index (χ3n) is 3.26. The average Bonchev–Trinajstić information content (AvgIpc) is 2.51. The van der Waals surface area contributed by atoms with Crippen LogP contribution in [0.25, 0.3) is 0 Å². The number of hydrogen-bond donors (Lipinski definition) is 7. The molecule has 124 valence electrons. The quantitative estimate of drug-likeness (QED) is 0.273. The number of phenols is 2. The number of rotatable bonds is 9. The normalized spacial score (nSPS) is 15.3. The average molecular weight is 315 g/mol. The zero-order chi connectivity index (χ0) is 16.7. The van der Waals surface area contributed by atoms with Crippen LogP contribution in [0.3, 0.4) is 0 Å². The summed E-state index contributed by atoms with van der Waals surface area (Å²) in [4.78, 5) is 11.8. The largest absolute Gasteiger partial charge is 0.508 e. The third-order valence-corrected chi connectivity index (χ3v) is 3.26. The lowest BCUT2D eigenvalue weighted by molar-refractivity contribution is -0.137. The number of phenolic OH excluding ortho intramolecular Hbond substituents is 2. The second-order valence-electron chi connectivity index (χ2n) is 4.81. The minimum Gasteiger partial charge on any atom is -0.508 e. The van der Waals surface area contributed by atoms with Crippen molar-refractivity contribution in [3.05, 3.63) is 23.8 Å². The second-order valence-corrected chi connectivity index (χ2v) is 4.81. The van der Waals surface area contributed by atoms with Crippen LogP contribution in [0.4, 0.5) is 0 Å². The van der Waals surface area contributed by atoms with Gasteiger partial charge in [0.2, 0.25) is 0 Å². The van der Waals surface area contributed by atoms with Crippen LogP contribution in [0, 0.1) is 0 Å². The van der Waals surface area contributed by atoms with Crippen molar-refractivity contribution >= 4 is 5.78 Å². The molecule has 0 heterocycles. The first-order valence-corrected chi connectivity index (χ1v) is 6.77. The molecule has 8 heteroatoms. The van der Waals surface area contributed by atoms with E-state index >= 15 is 0 Å². The Kier molecular flexibility index (Phi) is 7.22. The Morgan fingerprint density at radius 2 is 1.68 bits per heavy atom. The molecule has 8 nitrogen and oxygen atoms in total. The summed E-state index contributed by atoms with van der Waals surface area (Å²) in [6, 6.07) is 3.16. The molecule has 0 bridgehead atoms. The Balaban J connectivity index is 2.59. The molecule has 1 aromatic rings. The maximum Gasteiger partial charge on any atom is 0.183 e. The highest BCUT2D eigenvalue weighted by molar-refractivity contribution is 5.88. The lowest BCUT2D eigenvalue weighted by Gasteiger charge is -2.21. The molecule has 0 aliphatic carbocycles. The fourth-order valence-corrected chi connectivity index (χ4v) is 1.94. The van der Waals surface area contributed by atoms with Gasteiger partial charge in [-0.25, -0.2) is 0 Å². The Morgan fingerprint density at radius 3 is 2.18 bits per heavy atom. The van der Waals surface area contributed by atoms with E-state index < -0.39 is 37.2 Å². The number of carbonyl (C=O) groups excluding carboxylic acids is 1. The molecule has 1 rings (SSSR count). The Morgan fingerprint density at radius 1 is 1.09 bits per heavy atom. The highest BCUT2D eigenvalue weighted by Crippen LogP contribution is 2.26. The summed E-state index contributed by atoms with van der Waals surface area (Å²) in [6.07, 6.45) is -3.25. The third kappa shape index (κ3) is 4.65. The first kappa shape index (κ1) is 18.3. The number of carbonyl (C=O) groups is 1. The molecule has 0 unspecified atom stereocenters. The Hall–Kier alpha value is -1.71. The molecule has 0 aliphatic heterocycles. The molecule has 0 spiro atoms. The lowest BCUT2D eigenvalue weighted by atomic mass is 10.0. The van der Waals surface area contributed by atoms with Crippen molar-refractivity contribution in [1.82, 2.24) is 5.32 Å². The topological polar surface area (TPSA) is 150 Å². The molecular formula is C14H21NO7. The van der Waals surface area contributed by atoms with Crippen LogP contribution in [0.2, 0.25) is 0 Å². The minimum absolute atomic E-state index is 0.0931. The van der Waals surface area contributed by atoms with E-state index in [9.17, 15) is 25.2 Å². The van der Waals surface area contributed by atoms with Crippen molar-refractivity contribution in [2.24, 2.45) is 0 Å². The standard InChI is InChI=1S/C14H21NO7/c16-6-9(13(21)14(22)12(20)7-17)15-5-4-8-10(18)2-1-3-11(8)19/h1-3,9,12,14-20,22H,4-7H2/t9-,12+,14-/m0/s1. The van der Waals surface area contributed by atoms with Crippen LogP contribution < -0.4 is 5.32 Å². The van der Waals surface area contributed by atoms with Crippen molar-refractivity contribution in [3.63, 3.8) is 0 Å². The SMILES string of the molecule is O=C([C@H](CO)NCCc1c(O)cccc1O)[C@@H](O)[C@H](O)CO. The Bertz CT molecular complexity index is 474. The van der Waals surface area contributed by atoms with Crippen molar-refractivity contribution in [3.8, 4) is 11.5 Å². The van der Waals surface area contributed by atoms with Crippen molar-refractivity contribution in [1.29, 1.82) is 0 Å². The molecule has 0 saturated heterocycles. The maximum atomic E-state index is 11.8. The molecule has 0 aliphatic rings. The van der Waals surface area contributed by atoms with E-state index in [2.05, 4.69) is 5.32 Å². The van der Waals surface area contributed by atoms with E-state index in [1.54, 1.807) is 0 Å². The molecule has 0 aromatic heterocycles. The van der Waals surface area contributed by atoms with E-state index in [1.807, 2.05) is 0 Å². The molecule has 3 atom stereocenters. The van der Waals surface area contributed by atoms with Crippen LogP contribution in [0.1, 0.15) is 5.56 Å². The summed E-state index contributed by atoms with van der Waals surface area (Å²) in [6.45, 7) is -1.26. The first-order chi connectivity index (χ1) is 10.4. The molecule has 22 heavy (non-hydrogen) atoms. The lowest BCUT2D eigenvalue weighted by Crippen LogP contribution is -2.50. The van der Waals surface area contributed by atoms with Crippen LogP contribution >= 0.6 is 0 Å². The molecule has 0 saturated carbocycles. The fraction of sp³-hybridized carbons (Fsp3) is 0.500. The van der Waals surface area contributed by atoms with E-state index in [0.717, 1.165) is 0 Å². The zero-order valence-corrected chi connectivity index (χ0v) is 11.9. The van der Waals surface area contributed by atoms with E-state index in [1.165, 1.54) is 18.2 Å².